The number of β-amino-alcohol motifs (C(OH)–C–C–N with tert-alkyl or cyclic N) is 1. The summed E-state index contributed by atoms with van der Waals surface area (Å²) in [6.45, 7) is 7.45. The van der Waals surface area contributed by atoms with E-state index in [0.29, 0.717) is 13.1 Å². The average molecular weight is 255 g/mol. The molecule has 2 heterocycles. The SMILES string of the molecule is CN1CCN(C(=O)CN2CCCC(C)(O)C2)CC1. The first kappa shape index (κ1) is 13.8. The van der Waals surface area contributed by atoms with Gasteiger partial charge >= 0.3 is 0 Å². The highest BCUT2D eigenvalue weighted by molar-refractivity contribution is 5.78. The van der Waals surface area contributed by atoms with E-state index in [9.17, 15) is 9.90 Å². The number of carbonyl (C=O) groups excluding carboxylic acids is 1. The smallest absolute Gasteiger partial charge is 0.236 e. The summed E-state index contributed by atoms with van der Waals surface area (Å²) < 4.78 is 0. The highest BCUT2D eigenvalue weighted by Crippen LogP contribution is 2.20. The predicted octanol–water partition coefficient (Wildman–Crippen LogP) is -0.393. The molecule has 1 N–H and O–H groups in total. The van der Waals surface area contributed by atoms with Gasteiger partial charge in [-0.15, -0.1) is 0 Å². The van der Waals surface area contributed by atoms with Gasteiger partial charge in [0, 0.05) is 32.7 Å². The number of amides is 1. The first-order valence-corrected chi connectivity index (χ1v) is 6.87. The minimum Gasteiger partial charge on any atom is -0.389 e. The molecule has 5 nitrogen and oxygen atoms in total. The summed E-state index contributed by atoms with van der Waals surface area (Å²) in [6, 6.07) is 0. The fourth-order valence-corrected chi connectivity index (χ4v) is 2.81. The van der Waals surface area contributed by atoms with Crippen LogP contribution in [0.1, 0.15) is 19.8 Å². The first-order valence-electron chi connectivity index (χ1n) is 6.87. The minimum atomic E-state index is -0.624. The first-order chi connectivity index (χ1) is 8.46. The Labute approximate surface area is 109 Å². The molecule has 0 spiro atoms. The van der Waals surface area contributed by atoms with Gasteiger partial charge in [-0.2, -0.15) is 0 Å². The van der Waals surface area contributed by atoms with Gasteiger partial charge in [-0.25, -0.2) is 0 Å². The fraction of sp³-hybridized carbons (Fsp3) is 0.923. The molecule has 0 aliphatic carbocycles. The number of hydrogen-bond acceptors (Lipinski definition) is 4. The molecule has 0 aromatic rings. The van der Waals surface area contributed by atoms with Crippen LogP contribution in [0, 0.1) is 0 Å². The minimum absolute atomic E-state index is 0.209. The number of piperazine rings is 1. The van der Waals surface area contributed by atoms with E-state index in [-0.39, 0.29) is 5.91 Å². The van der Waals surface area contributed by atoms with E-state index in [1.807, 2.05) is 11.8 Å². The van der Waals surface area contributed by atoms with E-state index in [0.717, 1.165) is 45.6 Å². The van der Waals surface area contributed by atoms with Crippen molar-refractivity contribution < 1.29 is 9.90 Å². The van der Waals surface area contributed by atoms with Gasteiger partial charge in [0.1, 0.15) is 0 Å². The summed E-state index contributed by atoms with van der Waals surface area (Å²) in [4.78, 5) is 18.4. The number of likely N-dealkylation sites (N-methyl/N-ethyl adjacent to an activating group) is 1. The van der Waals surface area contributed by atoms with Crippen molar-refractivity contribution in [1.82, 2.24) is 14.7 Å². The lowest BCUT2D eigenvalue weighted by molar-refractivity contribution is -0.135. The van der Waals surface area contributed by atoms with Gasteiger partial charge in [0.2, 0.25) is 5.91 Å². The summed E-state index contributed by atoms with van der Waals surface area (Å²) in [7, 11) is 2.09. The lowest BCUT2D eigenvalue weighted by Gasteiger charge is -2.38. The molecule has 2 aliphatic heterocycles. The molecule has 2 aliphatic rings. The molecule has 0 saturated carbocycles. The highest BCUT2D eigenvalue weighted by Gasteiger charge is 2.30. The monoisotopic (exact) mass is 255 g/mol. The lowest BCUT2D eigenvalue weighted by Crippen LogP contribution is -2.53. The zero-order valence-electron chi connectivity index (χ0n) is 11.6. The van der Waals surface area contributed by atoms with Crippen LogP contribution in [0.15, 0.2) is 0 Å². The normalized spacial score (nSPS) is 31.6. The third kappa shape index (κ3) is 3.67. The van der Waals surface area contributed by atoms with Crippen LogP contribution in [0.25, 0.3) is 0 Å². The molecule has 1 unspecified atom stereocenters. The van der Waals surface area contributed by atoms with E-state index >= 15 is 0 Å². The molecule has 1 amide bonds. The van der Waals surface area contributed by atoms with Crippen molar-refractivity contribution in [3.05, 3.63) is 0 Å². The molecule has 0 bridgehead atoms. The van der Waals surface area contributed by atoms with Gasteiger partial charge < -0.3 is 14.9 Å². The van der Waals surface area contributed by atoms with E-state index in [2.05, 4.69) is 16.8 Å². The molecule has 2 rings (SSSR count). The third-order valence-electron chi connectivity index (χ3n) is 3.97. The van der Waals surface area contributed by atoms with Crippen LogP contribution in [-0.4, -0.2) is 84.2 Å². The van der Waals surface area contributed by atoms with Crippen LogP contribution >= 0.6 is 0 Å². The zero-order valence-corrected chi connectivity index (χ0v) is 11.6. The van der Waals surface area contributed by atoms with Crippen molar-refractivity contribution in [3.63, 3.8) is 0 Å². The van der Waals surface area contributed by atoms with Gasteiger partial charge in [-0.05, 0) is 33.4 Å². The van der Waals surface area contributed by atoms with E-state index in [1.165, 1.54) is 0 Å². The maximum absolute atomic E-state index is 12.2. The topological polar surface area (TPSA) is 47.0 Å². The molecule has 2 saturated heterocycles. The number of piperidine rings is 1. The Morgan fingerprint density at radius 1 is 1.22 bits per heavy atom. The van der Waals surface area contributed by atoms with Gasteiger partial charge in [0.15, 0.2) is 0 Å². The van der Waals surface area contributed by atoms with E-state index in [4.69, 9.17) is 0 Å². The second-order valence-corrected chi connectivity index (χ2v) is 6.00. The second-order valence-electron chi connectivity index (χ2n) is 6.00. The van der Waals surface area contributed by atoms with Crippen molar-refractivity contribution >= 4 is 5.91 Å². The summed E-state index contributed by atoms with van der Waals surface area (Å²) in [6.07, 6.45) is 1.81. The number of hydrogen-bond donors (Lipinski definition) is 1. The maximum atomic E-state index is 12.2. The molecule has 104 valence electrons. The lowest BCUT2D eigenvalue weighted by atomic mass is 9.95. The number of nitrogens with zero attached hydrogens (tertiary/aromatic N) is 3. The molecular formula is C13H25N3O2. The molecular weight excluding hydrogens is 230 g/mol. The Bertz CT molecular complexity index is 299. The van der Waals surface area contributed by atoms with Crippen LogP contribution in [-0.2, 0) is 4.79 Å². The molecule has 2 fully saturated rings. The van der Waals surface area contributed by atoms with Crippen LogP contribution in [0.2, 0.25) is 0 Å². The predicted molar refractivity (Wildman–Crippen MR) is 70.4 cm³/mol. The average Bonchev–Trinajstić information content (AvgIpc) is 2.28. The van der Waals surface area contributed by atoms with Crippen LogP contribution < -0.4 is 0 Å². The van der Waals surface area contributed by atoms with Gasteiger partial charge in [0.05, 0.1) is 12.1 Å². The quantitative estimate of drug-likeness (QED) is 0.730. The van der Waals surface area contributed by atoms with Gasteiger partial charge in [-0.1, -0.05) is 0 Å². The van der Waals surface area contributed by atoms with Crippen molar-refractivity contribution in [3.8, 4) is 0 Å². The maximum Gasteiger partial charge on any atom is 0.236 e. The molecule has 5 heteroatoms. The fourth-order valence-electron chi connectivity index (χ4n) is 2.81. The number of rotatable bonds is 2. The Hall–Kier alpha value is -0.650. The number of aliphatic hydroxyl groups is 1. The zero-order chi connectivity index (χ0) is 13.2. The van der Waals surface area contributed by atoms with Crippen LogP contribution in [0.3, 0.4) is 0 Å². The molecule has 18 heavy (non-hydrogen) atoms. The third-order valence-corrected chi connectivity index (χ3v) is 3.97. The molecule has 0 aromatic carbocycles. The number of likely N-dealkylation sites (tertiary alicyclic amines) is 1. The van der Waals surface area contributed by atoms with Crippen molar-refractivity contribution in [2.75, 3.05) is 52.9 Å². The van der Waals surface area contributed by atoms with Gasteiger partial charge in [-0.3, -0.25) is 9.69 Å². The van der Waals surface area contributed by atoms with Crippen molar-refractivity contribution in [2.24, 2.45) is 0 Å². The van der Waals surface area contributed by atoms with E-state index < -0.39 is 5.60 Å². The van der Waals surface area contributed by atoms with Crippen molar-refractivity contribution in [1.29, 1.82) is 0 Å². The second kappa shape index (κ2) is 5.55. The van der Waals surface area contributed by atoms with E-state index in [1.54, 1.807) is 0 Å². The standard InChI is InChI=1S/C13H25N3O2/c1-13(18)4-3-5-15(11-13)10-12(17)16-8-6-14(2)7-9-16/h18H,3-11H2,1-2H3. The Morgan fingerprint density at radius 2 is 1.89 bits per heavy atom. The summed E-state index contributed by atoms with van der Waals surface area (Å²) in [5, 5.41) is 10.0. The highest BCUT2D eigenvalue weighted by atomic mass is 16.3. The summed E-state index contributed by atoms with van der Waals surface area (Å²) >= 11 is 0. The Balaban J connectivity index is 1.80. The van der Waals surface area contributed by atoms with Crippen LogP contribution in [0.4, 0.5) is 0 Å². The molecule has 0 radical (unpaired) electrons. The summed E-state index contributed by atoms with van der Waals surface area (Å²) in [5.41, 5.74) is -0.624. The Kier molecular flexibility index (Phi) is 4.25. The number of carbonyl (C=O) groups is 1. The van der Waals surface area contributed by atoms with Crippen LogP contribution in [0.5, 0.6) is 0 Å². The Morgan fingerprint density at radius 3 is 2.50 bits per heavy atom. The van der Waals surface area contributed by atoms with Gasteiger partial charge in [0.25, 0.3) is 0 Å². The van der Waals surface area contributed by atoms with Crippen molar-refractivity contribution in [2.45, 2.75) is 25.4 Å². The molecule has 0 aromatic heterocycles. The summed E-state index contributed by atoms with van der Waals surface area (Å²) in [5.74, 6) is 0.209. The largest absolute Gasteiger partial charge is 0.389 e. The molecule has 1 atom stereocenters.